The van der Waals surface area contributed by atoms with Gasteiger partial charge in [-0.2, -0.15) is 0 Å². The highest BCUT2D eigenvalue weighted by Crippen LogP contribution is 2.29. The molecule has 21 heavy (non-hydrogen) atoms. The number of nitrogens with one attached hydrogen (secondary N) is 1. The van der Waals surface area contributed by atoms with Crippen LogP contribution in [0.4, 0.5) is 22.0 Å². The van der Waals surface area contributed by atoms with Crippen molar-refractivity contribution in [1.29, 1.82) is 0 Å². The predicted octanol–water partition coefficient (Wildman–Crippen LogP) is 3.52. The molecule has 2 unspecified atom stereocenters. The van der Waals surface area contributed by atoms with Crippen LogP contribution in [0.1, 0.15) is 29.6 Å². The summed E-state index contributed by atoms with van der Waals surface area (Å²) < 4.78 is 65.7. The number of alkyl halides is 1. The van der Waals surface area contributed by atoms with Gasteiger partial charge in [-0.05, 0) is 25.2 Å². The van der Waals surface area contributed by atoms with Crippen molar-refractivity contribution >= 4 is 17.5 Å². The van der Waals surface area contributed by atoms with Gasteiger partial charge in [-0.3, -0.25) is 4.79 Å². The minimum absolute atomic E-state index is 0.0257. The van der Waals surface area contributed by atoms with Crippen LogP contribution in [-0.2, 0) is 0 Å². The number of carbonyl (C=O) groups excluding carboxylic acids is 1. The maximum absolute atomic E-state index is 13.4. The maximum Gasteiger partial charge on any atom is 0.257 e. The monoisotopic (exact) mass is 327 g/mol. The molecule has 2 atom stereocenters. The third kappa shape index (κ3) is 3.12. The van der Waals surface area contributed by atoms with Crippen LogP contribution in [-0.4, -0.2) is 17.8 Å². The van der Waals surface area contributed by atoms with E-state index in [9.17, 15) is 26.7 Å². The van der Waals surface area contributed by atoms with E-state index in [1.807, 2.05) is 0 Å². The highest BCUT2D eigenvalue weighted by molar-refractivity contribution is 6.20. The first-order valence-electron chi connectivity index (χ1n) is 6.26. The Morgan fingerprint density at radius 1 is 1.00 bits per heavy atom. The first-order valence-corrected chi connectivity index (χ1v) is 6.70. The van der Waals surface area contributed by atoms with E-state index < -0.39 is 40.6 Å². The summed E-state index contributed by atoms with van der Waals surface area (Å²) in [5.74, 6) is -12.1. The van der Waals surface area contributed by atoms with E-state index in [0.717, 1.165) is 12.8 Å². The van der Waals surface area contributed by atoms with E-state index >= 15 is 0 Å². The van der Waals surface area contributed by atoms with E-state index in [2.05, 4.69) is 5.32 Å². The molecule has 116 valence electrons. The van der Waals surface area contributed by atoms with E-state index in [4.69, 9.17) is 11.6 Å². The number of hydrogen-bond acceptors (Lipinski definition) is 1. The van der Waals surface area contributed by atoms with E-state index in [-0.39, 0.29) is 17.8 Å². The fourth-order valence-electron chi connectivity index (χ4n) is 2.33. The van der Waals surface area contributed by atoms with Crippen molar-refractivity contribution in [3.63, 3.8) is 0 Å². The highest BCUT2D eigenvalue weighted by atomic mass is 35.5. The summed E-state index contributed by atoms with van der Waals surface area (Å²) in [5.41, 5.74) is -1.47. The van der Waals surface area contributed by atoms with Crippen LogP contribution in [0.5, 0.6) is 0 Å². The van der Waals surface area contributed by atoms with Gasteiger partial charge in [0, 0.05) is 11.9 Å². The first-order chi connectivity index (χ1) is 9.82. The van der Waals surface area contributed by atoms with Crippen LogP contribution in [0.25, 0.3) is 0 Å². The van der Waals surface area contributed by atoms with Gasteiger partial charge in [-0.25, -0.2) is 22.0 Å². The number of carbonyl (C=O) groups is 1. The largest absolute Gasteiger partial charge is 0.352 e. The SMILES string of the molecule is O=C(NCC1CCC(Cl)C1)c1c(F)c(F)c(F)c(F)c1F. The number of hydrogen-bond donors (Lipinski definition) is 1. The minimum Gasteiger partial charge on any atom is -0.352 e. The number of amides is 1. The standard InChI is InChI=1S/C13H11ClF5NO/c14-6-2-1-5(3-6)4-20-13(21)7-8(15)10(17)12(19)11(18)9(7)16/h5-6H,1-4H2,(H,20,21). The Hall–Kier alpha value is -1.37. The molecule has 1 aromatic carbocycles. The number of rotatable bonds is 3. The van der Waals surface area contributed by atoms with Gasteiger partial charge in [-0.15, -0.1) is 11.6 Å². The first kappa shape index (κ1) is 16.0. The van der Waals surface area contributed by atoms with Gasteiger partial charge >= 0.3 is 0 Å². The van der Waals surface area contributed by atoms with Crippen molar-refractivity contribution in [2.45, 2.75) is 24.6 Å². The lowest BCUT2D eigenvalue weighted by Gasteiger charge is -2.12. The smallest absolute Gasteiger partial charge is 0.257 e. The van der Waals surface area contributed by atoms with Crippen molar-refractivity contribution < 1.29 is 26.7 Å². The van der Waals surface area contributed by atoms with Gasteiger partial charge in [0.2, 0.25) is 5.82 Å². The molecule has 2 rings (SSSR count). The van der Waals surface area contributed by atoms with Gasteiger partial charge in [0.05, 0.1) is 0 Å². The van der Waals surface area contributed by atoms with E-state index in [1.54, 1.807) is 0 Å². The quantitative estimate of drug-likeness (QED) is 0.391. The van der Waals surface area contributed by atoms with Gasteiger partial charge in [-0.1, -0.05) is 0 Å². The highest BCUT2D eigenvalue weighted by Gasteiger charge is 2.30. The zero-order chi connectivity index (χ0) is 15.7. The van der Waals surface area contributed by atoms with Crippen molar-refractivity contribution in [3.8, 4) is 0 Å². The minimum atomic E-state index is -2.29. The molecule has 0 bridgehead atoms. The average Bonchev–Trinajstić information content (AvgIpc) is 2.86. The third-order valence-electron chi connectivity index (χ3n) is 3.47. The average molecular weight is 328 g/mol. The van der Waals surface area contributed by atoms with Crippen LogP contribution in [0, 0.1) is 35.0 Å². The lowest BCUT2D eigenvalue weighted by molar-refractivity contribution is 0.0935. The molecule has 0 aliphatic heterocycles. The van der Waals surface area contributed by atoms with Crippen LogP contribution >= 0.6 is 11.6 Å². The zero-order valence-electron chi connectivity index (χ0n) is 10.7. The van der Waals surface area contributed by atoms with E-state index in [0.29, 0.717) is 6.42 Å². The Kier molecular flexibility index (Phi) is 4.70. The molecule has 0 heterocycles. The molecule has 2 nitrogen and oxygen atoms in total. The molecule has 0 saturated heterocycles. The number of halogens is 6. The summed E-state index contributed by atoms with van der Waals surface area (Å²) in [7, 11) is 0. The summed E-state index contributed by atoms with van der Waals surface area (Å²) in [5, 5.41) is 2.16. The molecule has 1 aromatic rings. The maximum atomic E-state index is 13.4. The molecule has 1 N–H and O–H groups in total. The molecule has 0 aromatic heterocycles. The zero-order valence-corrected chi connectivity index (χ0v) is 11.4. The summed E-state index contributed by atoms with van der Waals surface area (Å²) in [6, 6.07) is 0. The molecular formula is C13H11ClF5NO. The third-order valence-corrected chi connectivity index (χ3v) is 3.86. The Bertz CT molecular complexity index is 551. The van der Waals surface area contributed by atoms with Gasteiger partial charge < -0.3 is 5.32 Å². The van der Waals surface area contributed by atoms with Crippen LogP contribution < -0.4 is 5.32 Å². The molecule has 8 heteroatoms. The molecule has 1 aliphatic carbocycles. The second-order valence-corrected chi connectivity index (χ2v) is 5.55. The fourth-order valence-corrected chi connectivity index (χ4v) is 2.71. The van der Waals surface area contributed by atoms with Crippen molar-refractivity contribution in [2.75, 3.05) is 6.54 Å². The Balaban J connectivity index is 2.16. The summed E-state index contributed by atoms with van der Waals surface area (Å²) in [6.45, 7) is 0.0710. The molecule has 1 saturated carbocycles. The lowest BCUT2D eigenvalue weighted by atomic mass is 10.1. The predicted molar refractivity (Wildman–Crippen MR) is 65.5 cm³/mol. The van der Waals surface area contributed by atoms with E-state index in [1.165, 1.54) is 0 Å². The van der Waals surface area contributed by atoms with Crippen LogP contribution in [0.15, 0.2) is 0 Å². The Morgan fingerprint density at radius 2 is 1.52 bits per heavy atom. The second-order valence-electron chi connectivity index (χ2n) is 4.93. The molecule has 1 fully saturated rings. The Labute approximate surface area is 122 Å². The van der Waals surface area contributed by atoms with Crippen LogP contribution in [0.3, 0.4) is 0 Å². The van der Waals surface area contributed by atoms with Gasteiger partial charge in [0.15, 0.2) is 23.3 Å². The Morgan fingerprint density at radius 3 is 2.00 bits per heavy atom. The summed E-state index contributed by atoms with van der Waals surface area (Å²) in [4.78, 5) is 11.7. The lowest BCUT2D eigenvalue weighted by Crippen LogP contribution is -2.31. The molecule has 1 aliphatic rings. The summed E-state index contributed by atoms with van der Waals surface area (Å²) >= 11 is 5.88. The van der Waals surface area contributed by atoms with Crippen molar-refractivity contribution in [2.24, 2.45) is 5.92 Å². The summed E-state index contributed by atoms with van der Waals surface area (Å²) in [6.07, 6.45) is 2.11. The normalized spacial score (nSPS) is 21.6. The molecule has 0 spiro atoms. The number of benzene rings is 1. The second kappa shape index (κ2) is 6.17. The van der Waals surface area contributed by atoms with Gasteiger partial charge in [0.1, 0.15) is 5.56 Å². The van der Waals surface area contributed by atoms with Crippen molar-refractivity contribution in [1.82, 2.24) is 5.32 Å². The van der Waals surface area contributed by atoms with Crippen LogP contribution in [0.2, 0.25) is 0 Å². The molecule has 1 amide bonds. The molecular weight excluding hydrogens is 317 g/mol. The van der Waals surface area contributed by atoms with Gasteiger partial charge in [0.25, 0.3) is 5.91 Å². The fraction of sp³-hybridized carbons (Fsp3) is 0.462. The van der Waals surface area contributed by atoms with Crippen molar-refractivity contribution in [3.05, 3.63) is 34.6 Å². The molecule has 0 radical (unpaired) electrons. The topological polar surface area (TPSA) is 29.1 Å².